The molecule has 0 aliphatic carbocycles. The second-order valence-electron chi connectivity index (χ2n) is 12.2. The first-order valence-electron chi connectivity index (χ1n) is 16.6. The number of hydrogen-bond acceptors (Lipinski definition) is 8. The fraction of sp³-hybridized carbons (Fsp3) is 1.00. The summed E-state index contributed by atoms with van der Waals surface area (Å²) in [6.45, 7) is 1.56. The average Bonchev–Trinajstić information content (AvgIpc) is 2.93. The van der Waals surface area contributed by atoms with Gasteiger partial charge in [-0.05, 0) is 26.2 Å². The predicted molar refractivity (Wildman–Crippen MR) is 159 cm³/mol. The molecule has 0 spiro atoms. The van der Waals surface area contributed by atoms with Crippen LogP contribution in [0, 0.1) is 0 Å². The van der Waals surface area contributed by atoms with Crippen LogP contribution in [0.25, 0.3) is 0 Å². The van der Waals surface area contributed by atoms with Crippen LogP contribution in [0.15, 0.2) is 0 Å². The van der Waals surface area contributed by atoms with Crippen LogP contribution < -0.4 is 0 Å². The Hall–Kier alpha value is -0.320. The van der Waals surface area contributed by atoms with E-state index in [1.54, 1.807) is 0 Å². The van der Waals surface area contributed by atoms with Crippen molar-refractivity contribution in [3.05, 3.63) is 0 Å². The van der Waals surface area contributed by atoms with Crippen LogP contribution in [0.1, 0.15) is 148 Å². The molecule has 0 saturated carbocycles. The predicted octanol–water partition coefficient (Wildman–Crippen LogP) is 5.13. The van der Waals surface area contributed by atoms with Gasteiger partial charge in [-0.2, -0.15) is 0 Å². The third-order valence-electron chi connectivity index (χ3n) is 8.24. The molecule has 1 rings (SSSR count). The molecule has 1 fully saturated rings. The zero-order valence-electron chi connectivity index (χ0n) is 25.5. The molecule has 1 heterocycles. The second-order valence-corrected chi connectivity index (χ2v) is 12.2. The van der Waals surface area contributed by atoms with E-state index in [2.05, 4.69) is 0 Å². The molecule has 7 atom stereocenters. The van der Waals surface area contributed by atoms with Crippen LogP contribution in [0.3, 0.4) is 0 Å². The number of hydrogen-bond donors (Lipinski definition) is 6. The maximum atomic E-state index is 10.2. The van der Waals surface area contributed by atoms with Crippen LogP contribution >= 0.6 is 0 Å². The van der Waals surface area contributed by atoms with Crippen molar-refractivity contribution in [2.75, 3.05) is 13.2 Å². The van der Waals surface area contributed by atoms with Gasteiger partial charge < -0.3 is 40.1 Å². The van der Waals surface area contributed by atoms with Gasteiger partial charge in [0.2, 0.25) is 0 Å². The topological polar surface area (TPSA) is 140 Å². The van der Waals surface area contributed by atoms with Gasteiger partial charge in [0.15, 0.2) is 6.29 Å². The molecule has 0 aromatic carbocycles. The SMILES string of the molecule is CC(O)CCCCCCCCCCCCCCCCCCCCCC(O)CCO[C@H]1O[C@H](CO)[C@@H](O)[C@H](O)[C@H]1O. The molecule has 1 saturated heterocycles. The van der Waals surface area contributed by atoms with Gasteiger partial charge in [-0.3, -0.25) is 0 Å². The summed E-state index contributed by atoms with van der Waals surface area (Å²) in [5, 5.41) is 58.2. The third kappa shape index (κ3) is 19.0. The van der Waals surface area contributed by atoms with E-state index in [1.165, 1.54) is 109 Å². The first-order chi connectivity index (χ1) is 19.4. The highest BCUT2D eigenvalue weighted by Gasteiger charge is 2.43. The normalized spacial score (nSPS) is 24.8. The average molecular weight is 577 g/mol. The molecule has 8 nitrogen and oxygen atoms in total. The Morgan fingerprint density at radius 2 is 0.950 bits per heavy atom. The molecular formula is C32H64O8. The van der Waals surface area contributed by atoms with Crippen molar-refractivity contribution in [3.8, 4) is 0 Å². The summed E-state index contributed by atoms with van der Waals surface area (Å²) in [6.07, 6.45) is 19.8. The van der Waals surface area contributed by atoms with Crippen molar-refractivity contribution in [2.24, 2.45) is 0 Å². The molecule has 1 aliphatic rings. The van der Waals surface area contributed by atoms with Crippen molar-refractivity contribution >= 4 is 0 Å². The fourth-order valence-corrected chi connectivity index (χ4v) is 5.49. The van der Waals surface area contributed by atoms with Crippen LogP contribution in [0.5, 0.6) is 0 Å². The van der Waals surface area contributed by atoms with Crippen molar-refractivity contribution in [3.63, 3.8) is 0 Å². The van der Waals surface area contributed by atoms with E-state index in [1.807, 2.05) is 6.92 Å². The number of rotatable bonds is 27. The monoisotopic (exact) mass is 576 g/mol. The van der Waals surface area contributed by atoms with Crippen LogP contribution in [0.2, 0.25) is 0 Å². The van der Waals surface area contributed by atoms with Gasteiger partial charge in [-0.15, -0.1) is 0 Å². The summed E-state index contributed by atoms with van der Waals surface area (Å²) in [6, 6.07) is 0. The molecule has 8 heteroatoms. The second kappa shape index (κ2) is 25.2. The van der Waals surface area contributed by atoms with Crippen molar-refractivity contribution in [1.29, 1.82) is 0 Å². The maximum absolute atomic E-state index is 10.2. The smallest absolute Gasteiger partial charge is 0.186 e. The van der Waals surface area contributed by atoms with Gasteiger partial charge in [-0.25, -0.2) is 0 Å². The largest absolute Gasteiger partial charge is 0.394 e. The number of unbranched alkanes of at least 4 members (excludes halogenated alkanes) is 18. The van der Waals surface area contributed by atoms with E-state index in [-0.39, 0.29) is 12.7 Å². The quantitative estimate of drug-likeness (QED) is 0.0740. The van der Waals surface area contributed by atoms with Crippen molar-refractivity contribution < 1.29 is 40.1 Å². The highest BCUT2D eigenvalue weighted by molar-refractivity contribution is 4.88. The highest BCUT2D eigenvalue weighted by Crippen LogP contribution is 2.22. The lowest BCUT2D eigenvalue weighted by atomic mass is 9.99. The van der Waals surface area contributed by atoms with Gasteiger partial charge in [0.25, 0.3) is 0 Å². The Bertz CT molecular complexity index is 547. The Morgan fingerprint density at radius 1 is 0.550 bits per heavy atom. The molecule has 240 valence electrons. The first-order valence-corrected chi connectivity index (χ1v) is 16.6. The number of aliphatic hydroxyl groups excluding tert-OH is 6. The van der Waals surface area contributed by atoms with Crippen molar-refractivity contribution in [1.82, 2.24) is 0 Å². The fourth-order valence-electron chi connectivity index (χ4n) is 5.49. The van der Waals surface area contributed by atoms with Crippen LogP contribution in [0.4, 0.5) is 0 Å². The first kappa shape index (κ1) is 37.7. The molecule has 0 amide bonds. The molecular weight excluding hydrogens is 512 g/mol. The highest BCUT2D eigenvalue weighted by atomic mass is 16.7. The lowest BCUT2D eigenvalue weighted by Crippen LogP contribution is -2.59. The van der Waals surface area contributed by atoms with Gasteiger partial charge in [0, 0.05) is 0 Å². The van der Waals surface area contributed by atoms with Crippen LogP contribution in [-0.2, 0) is 9.47 Å². The summed E-state index contributed by atoms with van der Waals surface area (Å²) in [7, 11) is 0. The molecule has 0 aromatic heterocycles. The molecule has 40 heavy (non-hydrogen) atoms. The van der Waals surface area contributed by atoms with Crippen LogP contribution in [-0.4, -0.2) is 86.8 Å². The lowest BCUT2D eigenvalue weighted by Gasteiger charge is -2.39. The van der Waals surface area contributed by atoms with E-state index in [9.17, 15) is 30.6 Å². The van der Waals surface area contributed by atoms with E-state index in [0.29, 0.717) is 12.8 Å². The number of ether oxygens (including phenoxy) is 2. The summed E-state index contributed by atoms with van der Waals surface area (Å²) in [5.74, 6) is 0. The Labute approximate surface area is 244 Å². The maximum Gasteiger partial charge on any atom is 0.186 e. The minimum atomic E-state index is -1.44. The lowest BCUT2D eigenvalue weighted by molar-refractivity contribution is -0.301. The summed E-state index contributed by atoms with van der Waals surface area (Å²) in [4.78, 5) is 0. The molecule has 6 N–H and O–H groups in total. The molecule has 2 unspecified atom stereocenters. The van der Waals surface area contributed by atoms with Gasteiger partial charge in [0.1, 0.15) is 24.4 Å². The zero-order chi connectivity index (χ0) is 29.4. The Kier molecular flexibility index (Phi) is 23.8. The molecule has 0 aromatic rings. The molecule has 0 radical (unpaired) electrons. The molecule has 1 aliphatic heterocycles. The van der Waals surface area contributed by atoms with E-state index >= 15 is 0 Å². The van der Waals surface area contributed by atoms with Crippen molar-refractivity contribution in [2.45, 2.75) is 191 Å². The van der Waals surface area contributed by atoms with E-state index < -0.39 is 43.4 Å². The third-order valence-corrected chi connectivity index (χ3v) is 8.24. The van der Waals surface area contributed by atoms with E-state index in [4.69, 9.17) is 9.47 Å². The van der Waals surface area contributed by atoms with E-state index in [0.717, 1.165) is 19.3 Å². The Balaban J connectivity index is 1.80. The Morgan fingerprint density at radius 3 is 1.35 bits per heavy atom. The minimum Gasteiger partial charge on any atom is -0.394 e. The summed E-state index contributed by atoms with van der Waals surface area (Å²) in [5.41, 5.74) is 0. The molecule has 0 bridgehead atoms. The summed E-state index contributed by atoms with van der Waals surface area (Å²) >= 11 is 0. The van der Waals surface area contributed by atoms with Gasteiger partial charge in [-0.1, -0.05) is 122 Å². The summed E-state index contributed by atoms with van der Waals surface area (Å²) < 4.78 is 10.8. The van der Waals surface area contributed by atoms with Gasteiger partial charge >= 0.3 is 0 Å². The minimum absolute atomic E-state index is 0.135. The standard InChI is InChI=1S/C32H64O8/c1-26(34)21-19-17-15-13-11-9-7-5-3-2-4-6-8-10-12-14-16-18-20-22-27(35)23-24-39-32-31(38)30(37)29(36)28(25-33)40-32/h26-38H,2-25H2,1H3/t26?,27?,28-,29-,30+,31-,32+/m1/s1. The zero-order valence-corrected chi connectivity index (χ0v) is 25.5. The number of aliphatic hydroxyl groups is 6. The van der Waals surface area contributed by atoms with Gasteiger partial charge in [0.05, 0.1) is 25.4 Å².